The number of benzene rings is 1. The first kappa shape index (κ1) is 13.3. The molecule has 0 saturated heterocycles. The molecule has 0 aliphatic carbocycles. The zero-order valence-electron chi connectivity index (χ0n) is 9.49. The molecule has 0 aromatic heterocycles. The first-order valence-electron chi connectivity index (χ1n) is 4.86. The lowest BCUT2D eigenvalue weighted by atomic mass is 10.1. The minimum Gasteiger partial charge on any atom is -0.466 e. The zero-order chi connectivity index (χ0) is 12.8. The van der Waals surface area contributed by atoms with Crippen molar-refractivity contribution in [3.8, 4) is 0 Å². The maximum atomic E-state index is 11.2. The minimum absolute atomic E-state index is 0.292. The van der Waals surface area contributed by atoms with Gasteiger partial charge in [-0.25, -0.2) is 4.79 Å². The summed E-state index contributed by atoms with van der Waals surface area (Å²) in [5.41, 5.74) is 0.879. The van der Waals surface area contributed by atoms with Gasteiger partial charge in [0.05, 0.1) is 12.8 Å². The van der Waals surface area contributed by atoms with E-state index in [4.69, 9.17) is 11.6 Å². The number of rotatable bonds is 3. The highest BCUT2D eigenvalue weighted by atomic mass is 35.5. The molecule has 1 rings (SSSR count). The molecule has 0 bridgehead atoms. The molecule has 0 unspecified atom stereocenters. The summed E-state index contributed by atoms with van der Waals surface area (Å²) in [6, 6.07) is 6.89. The molecule has 1 amide bonds. The molecule has 1 aromatic carbocycles. The zero-order valence-corrected chi connectivity index (χ0v) is 10.2. The lowest BCUT2D eigenvalue weighted by Gasteiger charge is -2.09. The molecule has 0 spiro atoms. The summed E-state index contributed by atoms with van der Waals surface area (Å²) >= 11 is 5.98. The van der Waals surface area contributed by atoms with Crippen LogP contribution in [-0.4, -0.2) is 19.0 Å². The summed E-state index contributed by atoms with van der Waals surface area (Å²) in [6.45, 7) is 1.35. The predicted molar refractivity (Wildman–Crippen MR) is 65.3 cm³/mol. The van der Waals surface area contributed by atoms with E-state index in [-0.39, 0.29) is 5.91 Å². The number of amides is 1. The van der Waals surface area contributed by atoms with Gasteiger partial charge >= 0.3 is 5.97 Å². The van der Waals surface area contributed by atoms with Gasteiger partial charge in [0.25, 0.3) is 0 Å². The van der Waals surface area contributed by atoms with Gasteiger partial charge in [-0.05, 0) is 6.07 Å². The van der Waals surface area contributed by atoms with E-state index in [1.54, 1.807) is 24.3 Å². The quantitative estimate of drug-likeness (QED) is 0.662. The van der Waals surface area contributed by atoms with Gasteiger partial charge in [0.1, 0.15) is 0 Å². The summed E-state index contributed by atoms with van der Waals surface area (Å²) < 4.78 is 4.51. The molecule has 0 atom stereocenters. The Morgan fingerprint density at radius 3 is 2.53 bits per heavy atom. The standard InChI is InChI=1S/C12H12ClNO3/c1-8(15)14-11(7-12(16)17-2)9-5-3-4-6-10(9)13/h3-7H,1-2H3,(H,14,15)/b11-7-. The number of esters is 1. The Morgan fingerprint density at radius 1 is 1.35 bits per heavy atom. The number of hydrogen-bond acceptors (Lipinski definition) is 3. The molecule has 17 heavy (non-hydrogen) atoms. The summed E-state index contributed by atoms with van der Waals surface area (Å²) in [5, 5.41) is 2.98. The first-order chi connectivity index (χ1) is 8.04. The van der Waals surface area contributed by atoms with Crippen LogP contribution in [0.25, 0.3) is 5.70 Å². The van der Waals surface area contributed by atoms with E-state index in [9.17, 15) is 9.59 Å². The highest BCUT2D eigenvalue weighted by molar-refractivity contribution is 6.32. The number of methoxy groups -OCH3 is 1. The molecule has 0 heterocycles. The summed E-state index contributed by atoms with van der Waals surface area (Å²) in [6.07, 6.45) is 1.18. The molecule has 0 fully saturated rings. The Kier molecular flexibility index (Phi) is 4.72. The van der Waals surface area contributed by atoms with Crippen LogP contribution in [0.15, 0.2) is 30.3 Å². The van der Waals surface area contributed by atoms with Crippen molar-refractivity contribution >= 4 is 29.2 Å². The van der Waals surface area contributed by atoms with Gasteiger partial charge in [0, 0.05) is 23.6 Å². The largest absolute Gasteiger partial charge is 0.466 e. The van der Waals surface area contributed by atoms with E-state index in [2.05, 4.69) is 10.1 Å². The molecule has 0 saturated carbocycles. The van der Waals surface area contributed by atoms with E-state index in [1.807, 2.05) is 0 Å². The molecule has 0 aliphatic rings. The van der Waals surface area contributed by atoms with Crippen molar-refractivity contribution in [1.82, 2.24) is 5.32 Å². The Labute approximate surface area is 104 Å². The number of halogens is 1. The van der Waals surface area contributed by atoms with Gasteiger partial charge in [-0.3, -0.25) is 4.79 Å². The first-order valence-corrected chi connectivity index (χ1v) is 5.24. The second-order valence-corrected chi connectivity index (χ2v) is 3.65. The second kappa shape index (κ2) is 6.06. The predicted octanol–water partition coefficient (Wildman–Crippen LogP) is 1.99. The van der Waals surface area contributed by atoms with Crippen molar-refractivity contribution < 1.29 is 14.3 Å². The molecule has 90 valence electrons. The van der Waals surface area contributed by atoms with Crippen LogP contribution in [0.2, 0.25) is 5.02 Å². The van der Waals surface area contributed by atoms with Crippen LogP contribution >= 0.6 is 11.6 Å². The van der Waals surface area contributed by atoms with Crippen LogP contribution in [0.5, 0.6) is 0 Å². The third-order valence-corrected chi connectivity index (χ3v) is 2.27. The topological polar surface area (TPSA) is 55.4 Å². The summed E-state index contributed by atoms with van der Waals surface area (Å²) in [4.78, 5) is 22.3. The highest BCUT2D eigenvalue weighted by Gasteiger charge is 2.09. The van der Waals surface area contributed by atoms with Crippen molar-refractivity contribution in [2.45, 2.75) is 6.92 Å². The summed E-state index contributed by atoms with van der Waals surface area (Å²) in [5.74, 6) is -0.853. The van der Waals surface area contributed by atoms with Crippen molar-refractivity contribution in [1.29, 1.82) is 0 Å². The average Bonchev–Trinajstić information content (AvgIpc) is 2.28. The van der Waals surface area contributed by atoms with Crippen molar-refractivity contribution in [3.05, 3.63) is 40.9 Å². The number of ether oxygens (including phenoxy) is 1. The van der Waals surface area contributed by atoms with Crippen molar-refractivity contribution in [3.63, 3.8) is 0 Å². The average molecular weight is 254 g/mol. The van der Waals surface area contributed by atoms with E-state index in [0.29, 0.717) is 16.3 Å². The number of hydrogen-bond donors (Lipinski definition) is 1. The fraction of sp³-hybridized carbons (Fsp3) is 0.167. The maximum Gasteiger partial charge on any atom is 0.332 e. The second-order valence-electron chi connectivity index (χ2n) is 3.24. The molecular weight excluding hydrogens is 242 g/mol. The van der Waals surface area contributed by atoms with Crippen LogP contribution in [0, 0.1) is 0 Å². The Morgan fingerprint density at radius 2 is 2.00 bits per heavy atom. The third kappa shape index (κ3) is 3.92. The molecule has 5 heteroatoms. The Balaban J connectivity index is 3.15. The van der Waals surface area contributed by atoms with Crippen LogP contribution in [0.3, 0.4) is 0 Å². The fourth-order valence-electron chi connectivity index (χ4n) is 1.23. The van der Waals surface area contributed by atoms with Gasteiger partial charge in [0.15, 0.2) is 0 Å². The minimum atomic E-state index is -0.561. The lowest BCUT2D eigenvalue weighted by molar-refractivity contribution is -0.134. The van der Waals surface area contributed by atoms with Gasteiger partial charge in [0.2, 0.25) is 5.91 Å². The molecule has 1 aromatic rings. The van der Waals surface area contributed by atoms with Crippen molar-refractivity contribution in [2.24, 2.45) is 0 Å². The SMILES string of the molecule is COC(=O)/C=C(\NC(C)=O)c1ccccc1Cl. The molecule has 4 nitrogen and oxygen atoms in total. The smallest absolute Gasteiger partial charge is 0.332 e. The van der Waals surface area contributed by atoms with Crippen molar-refractivity contribution in [2.75, 3.05) is 7.11 Å². The van der Waals surface area contributed by atoms with Gasteiger partial charge in [-0.2, -0.15) is 0 Å². The van der Waals surface area contributed by atoms with E-state index >= 15 is 0 Å². The van der Waals surface area contributed by atoms with Gasteiger partial charge in [-0.1, -0.05) is 29.8 Å². The van der Waals surface area contributed by atoms with Gasteiger partial charge < -0.3 is 10.1 Å². The number of carbonyl (C=O) groups excluding carboxylic acids is 2. The van der Waals surface area contributed by atoms with Gasteiger partial charge in [-0.15, -0.1) is 0 Å². The Bertz CT molecular complexity index is 469. The molecule has 0 aliphatic heterocycles. The van der Waals surface area contributed by atoms with Crippen LogP contribution < -0.4 is 5.32 Å². The fourth-order valence-corrected chi connectivity index (χ4v) is 1.46. The lowest BCUT2D eigenvalue weighted by Crippen LogP contribution is -2.19. The monoisotopic (exact) mass is 253 g/mol. The molecule has 1 N–H and O–H groups in total. The van der Waals surface area contributed by atoms with Crippen LogP contribution in [-0.2, 0) is 14.3 Å². The number of carbonyl (C=O) groups is 2. The highest BCUT2D eigenvalue weighted by Crippen LogP contribution is 2.21. The third-order valence-electron chi connectivity index (χ3n) is 1.94. The van der Waals surface area contributed by atoms with Crippen LogP contribution in [0.4, 0.5) is 0 Å². The summed E-state index contributed by atoms with van der Waals surface area (Å²) in [7, 11) is 1.26. The normalized spacial score (nSPS) is 10.9. The van der Waals surface area contributed by atoms with E-state index in [1.165, 1.54) is 20.1 Å². The molecular formula is C12H12ClNO3. The number of nitrogens with one attached hydrogen (secondary N) is 1. The Hall–Kier alpha value is -1.81. The molecule has 0 radical (unpaired) electrons. The maximum absolute atomic E-state index is 11.2. The van der Waals surface area contributed by atoms with E-state index < -0.39 is 5.97 Å². The van der Waals surface area contributed by atoms with E-state index in [0.717, 1.165) is 0 Å². The van der Waals surface area contributed by atoms with Crippen LogP contribution in [0.1, 0.15) is 12.5 Å².